The van der Waals surface area contributed by atoms with Crippen LogP contribution in [0.5, 0.6) is 0 Å². The average molecular weight is 475 g/mol. The Morgan fingerprint density at radius 3 is 2.18 bits per heavy atom. The normalized spacial score (nSPS) is 11.8. The zero-order valence-electron chi connectivity index (χ0n) is 19.6. The number of thioether (sulfide) groups is 1. The molecule has 0 unspecified atom stereocenters. The molecule has 0 saturated carbocycles. The number of nitro benzene ring substituents is 1. The van der Waals surface area contributed by atoms with Crippen molar-refractivity contribution in [2.45, 2.75) is 44.0 Å². The van der Waals surface area contributed by atoms with Crippen molar-refractivity contribution in [2.75, 3.05) is 6.26 Å². The predicted octanol–water partition coefficient (Wildman–Crippen LogP) is 6.10. The Hall–Kier alpha value is -3.45. The Morgan fingerprint density at radius 1 is 0.971 bits per heavy atom. The first kappa shape index (κ1) is 23.7. The van der Waals surface area contributed by atoms with Crippen molar-refractivity contribution in [1.29, 1.82) is 0 Å². The number of hydrogen-bond acceptors (Lipinski definition) is 5. The molecule has 1 heterocycles. The van der Waals surface area contributed by atoms with Crippen LogP contribution in [0.3, 0.4) is 0 Å². The summed E-state index contributed by atoms with van der Waals surface area (Å²) in [6.45, 7) is 5.69. The molecule has 6 nitrogen and oxygen atoms in total. The minimum atomic E-state index is -1.30. The van der Waals surface area contributed by atoms with Crippen LogP contribution in [0.25, 0.3) is 21.8 Å². The lowest BCUT2D eigenvalue weighted by molar-refractivity contribution is -0.384. The molecule has 0 bridgehead atoms. The number of rotatable bonds is 8. The summed E-state index contributed by atoms with van der Waals surface area (Å²) < 4.78 is 2.12. The van der Waals surface area contributed by atoms with Crippen molar-refractivity contribution in [2.24, 2.45) is 0 Å². The van der Waals surface area contributed by atoms with Crippen LogP contribution >= 0.6 is 11.8 Å². The fourth-order valence-corrected chi connectivity index (χ4v) is 5.66. The van der Waals surface area contributed by atoms with Crippen LogP contribution in [-0.4, -0.2) is 27.3 Å². The monoisotopic (exact) mass is 474 g/mol. The summed E-state index contributed by atoms with van der Waals surface area (Å²) in [5.41, 5.74) is 2.15. The van der Waals surface area contributed by atoms with Crippen molar-refractivity contribution < 1.29 is 14.5 Å². The van der Waals surface area contributed by atoms with Gasteiger partial charge in [-0.2, -0.15) is 0 Å². The maximum Gasteiger partial charge on any atom is 0.270 e. The lowest BCUT2D eigenvalue weighted by Gasteiger charge is -2.31. The molecule has 1 aromatic heterocycles. The number of Topliss-reactive ketones (excluding diaryl/α,β-unsaturated/α-hetero) is 2. The summed E-state index contributed by atoms with van der Waals surface area (Å²) in [5.74, 6) is -0.401. The largest absolute Gasteiger partial charge is 0.341 e. The molecular formula is C27H26N2O4S. The zero-order chi connectivity index (χ0) is 24.6. The van der Waals surface area contributed by atoms with Crippen molar-refractivity contribution in [3.63, 3.8) is 0 Å². The third kappa shape index (κ3) is 3.70. The molecular weight excluding hydrogens is 448 g/mol. The summed E-state index contributed by atoms with van der Waals surface area (Å²) in [5, 5.41) is 13.1. The Balaban J connectivity index is 1.95. The second kappa shape index (κ2) is 9.06. The van der Waals surface area contributed by atoms with Gasteiger partial charge in [0.15, 0.2) is 0 Å². The number of benzene rings is 3. The van der Waals surface area contributed by atoms with E-state index in [0.717, 1.165) is 32.3 Å². The van der Waals surface area contributed by atoms with Crippen LogP contribution in [0.15, 0.2) is 65.6 Å². The molecule has 0 aliphatic heterocycles. The molecule has 4 aromatic rings. The van der Waals surface area contributed by atoms with Crippen molar-refractivity contribution in [3.8, 4) is 0 Å². The molecule has 4 rings (SSSR count). The van der Waals surface area contributed by atoms with Crippen LogP contribution in [-0.2, 0) is 28.0 Å². The molecule has 0 aliphatic carbocycles. The Kier molecular flexibility index (Phi) is 6.32. The Labute approximate surface area is 202 Å². The van der Waals surface area contributed by atoms with E-state index in [1.165, 1.54) is 31.7 Å². The van der Waals surface area contributed by atoms with Crippen molar-refractivity contribution in [3.05, 3.63) is 81.9 Å². The minimum Gasteiger partial charge on any atom is -0.341 e. The molecule has 174 valence electrons. The molecule has 3 aromatic carbocycles. The number of ketones is 2. The number of aromatic nitrogens is 1. The van der Waals surface area contributed by atoms with E-state index in [2.05, 4.69) is 4.57 Å². The minimum absolute atomic E-state index is 0.0313. The second-order valence-electron chi connectivity index (χ2n) is 8.45. The highest BCUT2D eigenvalue weighted by Crippen LogP contribution is 2.39. The lowest BCUT2D eigenvalue weighted by atomic mass is 9.70. The fraction of sp³-hybridized carbons (Fsp3) is 0.259. The lowest BCUT2D eigenvalue weighted by Crippen LogP contribution is -2.43. The van der Waals surface area contributed by atoms with E-state index in [-0.39, 0.29) is 23.7 Å². The quantitative estimate of drug-likeness (QED) is 0.133. The van der Waals surface area contributed by atoms with Gasteiger partial charge in [0.2, 0.25) is 0 Å². The smallest absolute Gasteiger partial charge is 0.270 e. The highest BCUT2D eigenvalue weighted by Gasteiger charge is 2.43. The van der Waals surface area contributed by atoms with E-state index in [1.54, 1.807) is 12.1 Å². The van der Waals surface area contributed by atoms with Crippen LogP contribution < -0.4 is 0 Å². The standard InChI is InChI=1S/C27H26N2O4S/c1-5-28-24-12-10-19(14-21(24)22-15-20(29(32)33)11-13-25(22)28)16-27(17(2)30,18(3)31)23-8-6-7-9-26(23)34-4/h6-15H,5,16H2,1-4H3. The molecule has 0 radical (unpaired) electrons. The first-order chi connectivity index (χ1) is 16.2. The van der Waals surface area contributed by atoms with E-state index >= 15 is 0 Å². The van der Waals surface area contributed by atoms with E-state index in [4.69, 9.17) is 0 Å². The van der Waals surface area contributed by atoms with Gasteiger partial charge in [-0.1, -0.05) is 24.3 Å². The maximum absolute atomic E-state index is 13.1. The van der Waals surface area contributed by atoms with Gasteiger partial charge in [-0.15, -0.1) is 11.8 Å². The van der Waals surface area contributed by atoms with E-state index in [1.807, 2.05) is 55.6 Å². The zero-order valence-corrected chi connectivity index (χ0v) is 20.4. The third-order valence-corrected chi connectivity index (χ3v) is 7.47. The van der Waals surface area contributed by atoms with Gasteiger partial charge in [0.1, 0.15) is 17.0 Å². The van der Waals surface area contributed by atoms with Crippen LogP contribution in [0, 0.1) is 10.1 Å². The molecule has 0 fully saturated rings. The van der Waals surface area contributed by atoms with Gasteiger partial charge in [-0.3, -0.25) is 19.7 Å². The number of hydrogen-bond donors (Lipinski definition) is 0. The molecule has 0 spiro atoms. The van der Waals surface area contributed by atoms with Gasteiger partial charge in [-0.25, -0.2) is 0 Å². The molecule has 0 amide bonds. The average Bonchev–Trinajstić information content (AvgIpc) is 3.14. The second-order valence-corrected chi connectivity index (χ2v) is 9.30. The van der Waals surface area contributed by atoms with Crippen LogP contribution in [0.2, 0.25) is 0 Å². The summed E-state index contributed by atoms with van der Waals surface area (Å²) in [4.78, 5) is 38.1. The number of carbonyl (C=O) groups is 2. The van der Waals surface area contributed by atoms with E-state index in [9.17, 15) is 19.7 Å². The van der Waals surface area contributed by atoms with Gasteiger partial charge in [0.05, 0.1) is 4.92 Å². The summed E-state index contributed by atoms with van der Waals surface area (Å²) in [6, 6.07) is 18.3. The summed E-state index contributed by atoms with van der Waals surface area (Å²) >= 11 is 1.51. The number of fused-ring (bicyclic) bond motifs is 3. The van der Waals surface area contributed by atoms with Crippen molar-refractivity contribution in [1.82, 2.24) is 4.57 Å². The number of carbonyl (C=O) groups excluding carboxylic acids is 2. The van der Waals surface area contributed by atoms with E-state index < -0.39 is 10.3 Å². The first-order valence-electron chi connectivity index (χ1n) is 11.1. The fourth-order valence-electron chi connectivity index (χ4n) is 4.98. The first-order valence-corrected chi connectivity index (χ1v) is 12.3. The van der Waals surface area contributed by atoms with Crippen molar-refractivity contribution >= 4 is 50.8 Å². The molecule has 0 N–H and O–H groups in total. The number of aryl methyl sites for hydroxylation is 1. The van der Waals surface area contributed by atoms with E-state index in [0.29, 0.717) is 12.1 Å². The summed E-state index contributed by atoms with van der Waals surface area (Å²) in [7, 11) is 0. The number of nitro groups is 1. The molecule has 7 heteroatoms. The molecule has 0 aliphatic rings. The molecule has 0 saturated heterocycles. The van der Waals surface area contributed by atoms with Gasteiger partial charge in [-0.05, 0) is 68.8 Å². The molecule has 0 atom stereocenters. The predicted molar refractivity (Wildman–Crippen MR) is 137 cm³/mol. The Bertz CT molecular complexity index is 1440. The van der Waals surface area contributed by atoms with Crippen LogP contribution in [0.1, 0.15) is 31.9 Å². The third-order valence-electron chi connectivity index (χ3n) is 6.68. The van der Waals surface area contributed by atoms with Gasteiger partial charge in [0.25, 0.3) is 5.69 Å². The van der Waals surface area contributed by atoms with Gasteiger partial charge < -0.3 is 4.57 Å². The number of nitrogens with zero attached hydrogens (tertiary/aromatic N) is 2. The molecule has 34 heavy (non-hydrogen) atoms. The van der Waals surface area contributed by atoms with Crippen LogP contribution in [0.4, 0.5) is 5.69 Å². The SMILES string of the molecule is CCn1c2ccc(CC(C(C)=O)(C(C)=O)c3ccccc3SC)cc2c2cc([N+](=O)[O-])ccc21. The highest BCUT2D eigenvalue weighted by molar-refractivity contribution is 7.98. The maximum atomic E-state index is 13.1. The highest BCUT2D eigenvalue weighted by atomic mass is 32.2. The Morgan fingerprint density at radius 2 is 1.59 bits per heavy atom. The topological polar surface area (TPSA) is 82.2 Å². The number of non-ortho nitro benzene ring substituents is 1. The summed E-state index contributed by atoms with van der Waals surface area (Å²) in [6.07, 6.45) is 2.15. The van der Waals surface area contributed by atoms with Gasteiger partial charge >= 0.3 is 0 Å². The van der Waals surface area contributed by atoms with Gasteiger partial charge in [0, 0.05) is 45.4 Å².